The van der Waals surface area contributed by atoms with Crippen LogP contribution in [0.4, 0.5) is 11.5 Å². The molecule has 0 fully saturated rings. The first kappa shape index (κ1) is 8.00. The molecule has 0 aliphatic carbocycles. The second-order valence-electron chi connectivity index (χ2n) is 1.83. The molecule has 4 nitrogen and oxygen atoms in total. The molecule has 0 saturated carbocycles. The van der Waals surface area contributed by atoms with Crippen LogP contribution in [-0.2, 0) is 4.79 Å². The van der Waals surface area contributed by atoms with Gasteiger partial charge in [-0.1, -0.05) is 0 Å². The van der Waals surface area contributed by atoms with Gasteiger partial charge in [-0.25, -0.2) is 4.98 Å². The molecule has 0 radical (unpaired) electrons. The Morgan fingerprint density at radius 1 is 1.64 bits per heavy atom. The molecular weight excluding hydrogens is 210 g/mol. The van der Waals surface area contributed by atoms with Gasteiger partial charge in [0.2, 0.25) is 6.41 Å². The Morgan fingerprint density at radius 3 is 3.00 bits per heavy atom. The highest BCUT2D eigenvalue weighted by atomic mass is 79.9. The monoisotopic (exact) mass is 215 g/mol. The van der Waals surface area contributed by atoms with Crippen LogP contribution < -0.4 is 11.1 Å². The summed E-state index contributed by atoms with van der Waals surface area (Å²) in [6.45, 7) is 0. The van der Waals surface area contributed by atoms with Crippen molar-refractivity contribution in [1.29, 1.82) is 0 Å². The fourth-order valence-corrected chi connectivity index (χ4v) is 0.927. The third-order valence-electron chi connectivity index (χ3n) is 1.09. The highest BCUT2D eigenvalue weighted by Crippen LogP contribution is 2.17. The number of hydrogen-bond acceptors (Lipinski definition) is 3. The first-order valence-electron chi connectivity index (χ1n) is 2.86. The van der Waals surface area contributed by atoms with Crippen LogP contribution in [-0.4, -0.2) is 11.4 Å². The number of aromatic nitrogens is 1. The van der Waals surface area contributed by atoms with Gasteiger partial charge >= 0.3 is 0 Å². The summed E-state index contributed by atoms with van der Waals surface area (Å²) >= 11 is 3.14. The molecule has 0 saturated heterocycles. The van der Waals surface area contributed by atoms with E-state index in [0.29, 0.717) is 22.5 Å². The number of nitrogens with zero attached hydrogens (tertiary/aromatic N) is 1. The lowest BCUT2D eigenvalue weighted by atomic mass is 10.4. The van der Waals surface area contributed by atoms with E-state index in [-0.39, 0.29) is 0 Å². The van der Waals surface area contributed by atoms with Crippen molar-refractivity contribution < 1.29 is 4.79 Å². The van der Waals surface area contributed by atoms with E-state index in [1.54, 1.807) is 12.1 Å². The van der Waals surface area contributed by atoms with Crippen LogP contribution in [0.5, 0.6) is 0 Å². The molecule has 1 rings (SSSR count). The summed E-state index contributed by atoms with van der Waals surface area (Å²) in [5, 5.41) is 2.37. The average molecular weight is 216 g/mol. The molecule has 5 heteroatoms. The molecule has 58 valence electrons. The van der Waals surface area contributed by atoms with Crippen LogP contribution >= 0.6 is 15.9 Å². The van der Waals surface area contributed by atoms with Gasteiger partial charge in [0.25, 0.3) is 0 Å². The molecule has 0 atom stereocenters. The second-order valence-corrected chi connectivity index (χ2v) is 2.65. The summed E-state index contributed by atoms with van der Waals surface area (Å²) in [5.41, 5.74) is 5.92. The van der Waals surface area contributed by atoms with Gasteiger partial charge in [-0.05, 0) is 28.1 Å². The Kier molecular flexibility index (Phi) is 2.43. The van der Waals surface area contributed by atoms with E-state index in [1.165, 1.54) is 0 Å². The smallest absolute Gasteiger partial charge is 0.212 e. The predicted molar refractivity (Wildman–Crippen MR) is 46.0 cm³/mol. The van der Waals surface area contributed by atoms with Crippen LogP contribution in [0.1, 0.15) is 0 Å². The van der Waals surface area contributed by atoms with Crippen LogP contribution in [0.25, 0.3) is 0 Å². The average Bonchev–Trinajstić information content (AvgIpc) is 1.98. The molecular formula is C6H6BrN3O. The predicted octanol–water partition coefficient (Wildman–Crippen LogP) is 0.995. The number of carbonyl (C=O) groups excluding carboxylic acids is 1. The number of nitrogen functional groups attached to an aromatic ring is 1. The zero-order chi connectivity index (χ0) is 8.27. The van der Waals surface area contributed by atoms with Crippen molar-refractivity contribution in [3.8, 4) is 0 Å². The normalized spacial score (nSPS) is 9.18. The Balaban J connectivity index is 3.01. The summed E-state index contributed by atoms with van der Waals surface area (Å²) < 4.78 is 0.635. The van der Waals surface area contributed by atoms with E-state index < -0.39 is 0 Å². The maximum absolute atomic E-state index is 10.0. The summed E-state index contributed by atoms with van der Waals surface area (Å²) in [6, 6.07) is 3.36. The molecule has 11 heavy (non-hydrogen) atoms. The third kappa shape index (κ3) is 1.91. The lowest BCUT2D eigenvalue weighted by molar-refractivity contribution is -0.105. The summed E-state index contributed by atoms with van der Waals surface area (Å²) in [6.07, 6.45) is 0.533. The van der Waals surface area contributed by atoms with Crippen molar-refractivity contribution in [2.45, 2.75) is 0 Å². The standard InChI is InChI=1S/C6H6BrN3O/c7-5-2-1-4(8)6(10-5)9-3-11/h1-3H,8H2,(H,9,10,11). The molecule has 1 aromatic heterocycles. The van der Waals surface area contributed by atoms with Gasteiger partial charge < -0.3 is 11.1 Å². The molecule has 0 spiro atoms. The topological polar surface area (TPSA) is 68.0 Å². The minimum atomic E-state index is 0.370. The highest BCUT2D eigenvalue weighted by molar-refractivity contribution is 9.10. The Labute approximate surface area is 71.9 Å². The Morgan fingerprint density at radius 2 is 2.36 bits per heavy atom. The van der Waals surface area contributed by atoms with E-state index >= 15 is 0 Å². The fourth-order valence-electron chi connectivity index (χ4n) is 0.618. The van der Waals surface area contributed by atoms with Crippen LogP contribution in [0, 0.1) is 0 Å². The van der Waals surface area contributed by atoms with Crippen molar-refractivity contribution in [3.05, 3.63) is 16.7 Å². The molecule has 1 aromatic rings. The first-order chi connectivity index (χ1) is 5.24. The van der Waals surface area contributed by atoms with Gasteiger partial charge in [0.15, 0.2) is 5.82 Å². The molecule has 0 aliphatic heterocycles. The van der Waals surface area contributed by atoms with Gasteiger partial charge in [0.1, 0.15) is 4.60 Å². The van der Waals surface area contributed by atoms with Gasteiger partial charge in [-0.15, -0.1) is 0 Å². The highest BCUT2D eigenvalue weighted by Gasteiger charge is 1.98. The number of hydrogen-bond donors (Lipinski definition) is 2. The van der Waals surface area contributed by atoms with Crippen molar-refractivity contribution in [3.63, 3.8) is 0 Å². The van der Waals surface area contributed by atoms with E-state index in [1.807, 2.05) is 0 Å². The maximum atomic E-state index is 10.0. The molecule has 0 unspecified atom stereocenters. The molecule has 0 aromatic carbocycles. The van der Waals surface area contributed by atoms with Gasteiger partial charge in [0, 0.05) is 0 Å². The van der Waals surface area contributed by atoms with Gasteiger partial charge in [0.05, 0.1) is 5.69 Å². The first-order valence-corrected chi connectivity index (χ1v) is 3.65. The minimum Gasteiger partial charge on any atom is -0.396 e. The fraction of sp³-hybridized carbons (Fsp3) is 0. The number of carbonyl (C=O) groups is 1. The molecule has 0 bridgehead atoms. The van der Waals surface area contributed by atoms with Crippen LogP contribution in [0.15, 0.2) is 16.7 Å². The van der Waals surface area contributed by atoms with Crippen molar-refractivity contribution in [2.75, 3.05) is 11.1 Å². The molecule has 1 amide bonds. The number of nitrogens with two attached hydrogens (primary N) is 1. The van der Waals surface area contributed by atoms with Crippen molar-refractivity contribution in [1.82, 2.24) is 4.98 Å². The quantitative estimate of drug-likeness (QED) is 0.572. The zero-order valence-electron chi connectivity index (χ0n) is 5.54. The largest absolute Gasteiger partial charge is 0.396 e. The lowest BCUT2D eigenvalue weighted by Crippen LogP contribution is -2.01. The Hall–Kier alpha value is -1.10. The van der Waals surface area contributed by atoms with Crippen LogP contribution in [0.3, 0.4) is 0 Å². The molecule has 0 aliphatic rings. The van der Waals surface area contributed by atoms with E-state index in [2.05, 4.69) is 26.2 Å². The third-order valence-corrected chi connectivity index (χ3v) is 1.53. The Bertz CT molecular complexity index is 277. The summed E-state index contributed by atoms with van der Waals surface area (Å²) in [5.74, 6) is 0.370. The number of amides is 1. The van der Waals surface area contributed by atoms with E-state index in [0.717, 1.165) is 0 Å². The number of pyridine rings is 1. The zero-order valence-corrected chi connectivity index (χ0v) is 7.13. The van der Waals surface area contributed by atoms with Crippen molar-refractivity contribution in [2.24, 2.45) is 0 Å². The summed E-state index contributed by atoms with van der Waals surface area (Å²) in [7, 11) is 0. The van der Waals surface area contributed by atoms with Crippen molar-refractivity contribution >= 4 is 33.8 Å². The maximum Gasteiger partial charge on any atom is 0.212 e. The number of anilines is 2. The molecule has 3 N–H and O–H groups in total. The number of halogens is 1. The van der Waals surface area contributed by atoms with Gasteiger partial charge in [-0.3, -0.25) is 4.79 Å². The minimum absolute atomic E-state index is 0.370. The van der Waals surface area contributed by atoms with Crippen LogP contribution in [0.2, 0.25) is 0 Å². The SMILES string of the molecule is Nc1ccc(Br)nc1NC=O. The lowest BCUT2D eigenvalue weighted by Gasteiger charge is -2.01. The van der Waals surface area contributed by atoms with E-state index in [4.69, 9.17) is 5.73 Å². The summed E-state index contributed by atoms with van der Waals surface area (Å²) in [4.78, 5) is 13.9. The second kappa shape index (κ2) is 3.34. The number of nitrogens with one attached hydrogen (secondary N) is 1. The van der Waals surface area contributed by atoms with E-state index in [9.17, 15) is 4.79 Å². The number of rotatable bonds is 2. The molecule has 1 heterocycles. The van der Waals surface area contributed by atoms with Gasteiger partial charge in [-0.2, -0.15) is 0 Å².